The van der Waals surface area contributed by atoms with Crippen molar-refractivity contribution >= 4 is 69.5 Å². The van der Waals surface area contributed by atoms with Crippen molar-refractivity contribution in [3.63, 3.8) is 0 Å². The van der Waals surface area contributed by atoms with Crippen LogP contribution in [0.3, 0.4) is 0 Å². The van der Waals surface area contributed by atoms with Crippen molar-refractivity contribution in [3.8, 4) is 11.5 Å². The number of carbonyl (C=O) groups excluding carboxylic acids is 5. The lowest BCUT2D eigenvalue weighted by Crippen LogP contribution is -2.35. The number of hydrogen-bond donors (Lipinski definition) is 3. The van der Waals surface area contributed by atoms with Crippen LogP contribution in [0.15, 0.2) is 84.4 Å². The van der Waals surface area contributed by atoms with E-state index in [1.54, 1.807) is 78.2 Å². The van der Waals surface area contributed by atoms with E-state index in [4.69, 9.17) is 9.47 Å². The van der Waals surface area contributed by atoms with Crippen LogP contribution in [-0.4, -0.2) is 95.4 Å². The van der Waals surface area contributed by atoms with Crippen molar-refractivity contribution in [2.45, 2.75) is 64.3 Å². The monoisotopic (exact) mass is 895 g/mol. The van der Waals surface area contributed by atoms with Crippen molar-refractivity contribution in [3.05, 3.63) is 108 Å². The number of amides is 4. The third kappa shape index (κ3) is 8.98. The number of nitrogens with one attached hydrogen (secondary N) is 3. The van der Waals surface area contributed by atoms with Crippen LogP contribution < -0.4 is 25.4 Å². The maximum Gasteiger partial charge on any atom is 0.295 e. The molecule has 4 aromatic heterocycles. The Labute approximate surface area is 381 Å². The fourth-order valence-electron chi connectivity index (χ4n) is 8.53. The van der Waals surface area contributed by atoms with Crippen LogP contribution in [0.5, 0.6) is 11.5 Å². The number of ether oxygens (including phenoxy) is 2. The Hall–Kier alpha value is -7.76. The molecule has 0 spiro atoms. The summed E-state index contributed by atoms with van der Waals surface area (Å²) in [6.07, 6.45) is 11.3. The van der Waals surface area contributed by atoms with Gasteiger partial charge in [0.15, 0.2) is 17.3 Å². The highest BCUT2D eigenvalue weighted by molar-refractivity contribution is 6.08. The Bertz CT molecular complexity index is 2970. The number of fused-ring (bicyclic) bond motifs is 3. The van der Waals surface area contributed by atoms with E-state index < -0.39 is 11.8 Å². The first-order valence-electron chi connectivity index (χ1n) is 21.7. The molecule has 0 saturated carbocycles. The van der Waals surface area contributed by atoms with Gasteiger partial charge in [0.25, 0.3) is 23.6 Å². The summed E-state index contributed by atoms with van der Waals surface area (Å²) in [7, 11) is 6.51. The van der Waals surface area contributed by atoms with Crippen LogP contribution in [-0.2, 0) is 31.4 Å². The smallest absolute Gasteiger partial charge is 0.295 e. The first-order chi connectivity index (χ1) is 31.5. The molecule has 18 heteroatoms. The number of benzene rings is 2. The zero-order chi connectivity index (χ0) is 47.0. The van der Waals surface area contributed by atoms with Crippen LogP contribution >= 0.6 is 0 Å². The molecule has 2 aliphatic heterocycles. The predicted octanol–water partition coefficient (Wildman–Crippen LogP) is 7.01. The Morgan fingerprint density at radius 2 is 1.62 bits per heavy atom. The molecule has 4 amide bonds. The molecule has 6 aromatic rings. The Morgan fingerprint density at radius 3 is 2.36 bits per heavy atom. The first kappa shape index (κ1) is 44.8. The second kappa shape index (κ2) is 18.0. The normalized spacial score (nSPS) is 14.5. The molecule has 0 unspecified atom stereocenters. The summed E-state index contributed by atoms with van der Waals surface area (Å²) < 4.78 is 17.6. The van der Waals surface area contributed by atoms with Gasteiger partial charge in [0.1, 0.15) is 11.4 Å². The van der Waals surface area contributed by atoms with Crippen molar-refractivity contribution in [1.82, 2.24) is 33.4 Å². The van der Waals surface area contributed by atoms with E-state index in [-0.39, 0.29) is 59.5 Å². The minimum Gasteiger partial charge on any atom is -0.493 e. The number of imidazole rings is 1. The molecular weight excluding hydrogens is 843 g/mol. The highest BCUT2D eigenvalue weighted by Gasteiger charge is 2.34. The van der Waals surface area contributed by atoms with Crippen LogP contribution in [0.25, 0.3) is 10.9 Å². The number of rotatable bonds is 15. The first-order valence-corrected chi connectivity index (χ1v) is 21.7. The average Bonchev–Trinajstić information content (AvgIpc) is 4.10. The van der Waals surface area contributed by atoms with Gasteiger partial charge in [-0.2, -0.15) is 9.78 Å². The summed E-state index contributed by atoms with van der Waals surface area (Å²) in [6, 6.07) is 12.4. The van der Waals surface area contributed by atoms with Gasteiger partial charge in [0.05, 0.1) is 54.1 Å². The van der Waals surface area contributed by atoms with Crippen molar-refractivity contribution < 1.29 is 33.4 Å². The van der Waals surface area contributed by atoms with Crippen molar-refractivity contribution in [2.24, 2.45) is 26.1 Å². The fourth-order valence-corrected chi connectivity index (χ4v) is 8.53. The zero-order valence-electron chi connectivity index (χ0n) is 38.1. The summed E-state index contributed by atoms with van der Waals surface area (Å²) in [5.74, 6) is -0.852. The standard InChI is InChI=1S/C48H53N11O7/c1-9-14-48(3,4)30-13-12-29-22-50-59(36(29)17-30)47(64)38-19-32(26-56(38)6)51-44(61)37-18-31(25-55(37)5)52-45(62)43-54-41(27-57(43)7)53-42(60)11-10-15-66-40-21-35-34(20-39(40)65-8)46(63)58-24-28(2)16-33(58)23-49-35/h12-13,17-23,25-27,33H,2,9-11,14-16,24H2,1,3-8H3,(H,51,61)(H,52,62)(H,53,60)/t33-/m0/s1. The molecule has 8 rings (SSSR count). The lowest BCUT2D eigenvalue weighted by molar-refractivity contribution is -0.116. The molecule has 1 fully saturated rings. The Balaban J connectivity index is 0.843. The number of aryl methyl sites for hydroxylation is 3. The average molecular weight is 896 g/mol. The lowest BCUT2D eigenvalue weighted by atomic mass is 9.80. The maximum atomic E-state index is 13.8. The molecule has 342 valence electrons. The van der Waals surface area contributed by atoms with Gasteiger partial charge in [0, 0.05) is 70.4 Å². The molecule has 2 aromatic carbocycles. The number of aromatic nitrogens is 6. The van der Waals surface area contributed by atoms with Gasteiger partial charge in [-0.15, -0.1) is 0 Å². The summed E-state index contributed by atoms with van der Waals surface area (Å²) in [5, 5.41) is 13.6. The molecule has 1 atom stereocenters. The SMILES string of the molecule is C=C1C[C@H]2C=Nc3cc(OCCCC(=O)Nc4cn(C)c(C(=O)Nc5cc(C(=O)Nc6cc(C(=O)n7ncc8ccc(C(C)(C)CCC)cc87)n(C)c6)n(C)c5)n4)c(OC)cc3C(=O)N2C1. The summed E-state index contributed by atoms with van der Waals surface area (Å²) in [6.45, 7) is 11.2. The third-order valence-corrected chi connectivity index (χ3v) is 12.0. The molecule has 6 heterocycles. The Kier molecular flexibility index (Phi) is 12.2. The number of methoxy groups -OCH3 is 1. The van der Waals surface area contributed by atoms with E-state index in [1.807, 2.05) is 12.1 Å². The van der Waals surface area contributed by atoms with Gasteiger partial charge in [-0.3, -0.25) is 29.0 Å². The molecule has 1 saturated heterocycles. The second-order valence-electron chi connectivity index (χ2n) is 17.4. The van der Waals surface area contributed by atoms with Crippen LogP contribution in [0, 0.1) is 0 Å². The fraction of sp³-hybridized carbons (Fsp3) is 0.333. The van der Waals surface area contributed by atoms with Crippen LogP contribution in [0.4, 0.5) is 22.9 Å². The third-order valence-electron chi connectivity index (χ3n) is 12.0. The van der Waals surface area contributed by atoms with Crippen LogP contribution in [0.1, 0.15) is 100 Å². The largest absolute Gasteiger partial charge is 0.493 e. The van der Waals surface area contributed by atoms with E-state index in [0.29, 0.717) is 64.7 Å². The highest BCUT2D eigenvalue weighted by atomic mass is 16.5. The van der Waals surface area contributed by atoms with Gasteiger partial charge in [0.2, 0.25) is 11.7 Å². The number of anilines is 3. The van der Waals surface area contributed by atoms with Gasteiger partial charge in [-0.05, 0) is 54.5 Å². The van der Waals surface area contributed by atoms with Crippen molar-refractivity contribution in [1.29, 1.82) is 0 Å². The quantitative estimate of drug-likeness (QED) is 0.0716. The minimum absolute atomic E-state index is 0.0256. The Morgan fingerprint density at radius 1 is 0.894 bits per heavy atom. The maximum absolute atomic E-state index is 13.8. The van der Waals surface area contributed by atoms with Crippen molar-refractivity contribution in [2.75, 3.05) is 36.2 Å². The molecule has 0 aliphatic carbocycles. The molecule has 0 radical (unpaired) electrons. The van der Waals surface area contributed by atoms with Gasteiger partial charge < -0.3 is 44.0 Å². The van der Waals surface area contributed by atoms with E-state index in [0.717, 1.165) is 29.4 Å². The topological polar surface area (TPSA) is 201 Å². The molecule has 3 N–H and O–H groups in total. The number of nitrogens with zero attached hydrogens (tertiary/aromatic N) is 8. The summed E-state index contributed by atoms with van der Waals surface area (Å²) in [5.41, 5.74) is 4.96. The van der Waals surface area contributed by atoms with E-state index in [1.165, 1.54) is 28.6 Å². The second-order valence-corrected chi connectivity index (χ2v) is 17.4. The molecule has 18 nitrogen and oxygen atoms in total. The number of carbonyl (C=O) groups is 5. The lowest BCUT2D eigenvalue weighted by Gasteiger charge is -2.24. The highest BCUT2D eigenvalue weighted by Crippen LogP contribution is 2.39. The summed E-state index contributed by atoms with van der Waals surface area (Å²) in [4.78, 5) is 77.5. The summed E-state index contributed by atoms with van der Waals surface area (Å²) >= 11 is 0. The predicted molar refractivity (Wildman–Crippen MR) is 250 cm³/mol. The van der Waals surface area contributed by atoms with Crippen LogP contribution in [0.2, 0.25) is 0 Å². The number of aliphatic imine (C=N–C) groups is 1. The van der Waals surface area contributed by atoms with Gasteiger partial charge >= 0.3 is 0 Å². The molecule has 66 heavy (non-hydrogen) atoms. The van der Waals surface area contributed by atoms with Gasteiger partial charge in [-0.25, -0.2) is 4.98 Å². The molecule has 2 aliphatic rings. The van der Waals surface area contributed by atoms with E-state index in [2.05, 4.69) is 64.4 Å². The van der Waals surface area contributed by atoms with E-state index >= 15 is 0 Å². The zero-order valence-corrected chi connectivity index (χ0v) is 38.1. The minimum atomic E-state index is -0.561. The molecule has 0 bridgehead atoms. The molecular formula is C48H53N11O7. The van der Waals surface area contributed by atoms with E-state index in [9.17, 15) is 24.0 Å². The van der Waals surface area contributed by atoms with Gasteiger partial charge in [-0.1, -0.05) is 51.5 Å². The number of hydrogen-bond acceptors (Lipinski definition) is 10.